The number of rotatable bonds is 4. The van der Waals surface area contributed by atoms with Crippen LogP contribution in [0.1, 0.15) is 27.7 Å². The summed E-state index contributed by atoms with van der Waals surface area (Å²) in [6.45, 7) is 11.8. The molecule has 4 rings (SSSR count). The van der Waals surface area contributed by atoms with Crippen molar-refractivity contribution < 1.29 is 8.95 Å². The molecule has 3 aromatic rings. The van der Waals surface area contributed by atoms with E-state index in [2.05, 4.69) is 16.8 Å². The maximum Gasteiger partial charge on any atom is 0.157 e. The van der Waals surface area contributed by atoms with E-state index in [9.17, 15) is 4.21 Å². The smallest absolute Gasteiger partial charge is 0.157 e. The van der Waals surface area contributed by atoms with Crippen LogP contribution in [0.25, 0.3) is 10.9 Å². The van der Waals surface area contributed by atoms with Crippen molar-refractivity contribution in [3.8, 4) is 5.75 Å². The molecule has 2 aromatic carbocycles. The molecule has 0 saturated carbocycles. The van der Waals surface area contributed by atoms with Gasteiger partial charge in [0.25, 0.3) is 0 Å². The first-order valence-electron chi connectivity index (χ1n) is 10.9. The molecule has 0 amide bonds. The van der Waals surface area contributed by atoms with Crippen LogP contribution in [-0.4, -0.2) is 53.4 Å². The van der Waals surface area contributed by atoms with E-state index < -0.39 is 11.0 Å². The molecule has 0 N–H and O–H groups in total. The zero-order valence-electron chi connectivity index (χ0n) is 19.4. The molecule has 1 aliphatic heterocycles. The standard InChI is InChI=1S/C20H22ClN3O2S.2C2H6/c1-22-9-11-23(12-10-22)19-14-17(4-6-20(19)26-2)27(25)24-8-7-15-13-16(21)3-5-18(15)24;2*1-2/h3-8,13-14H,9-12H2,1-2H3;2*1-2H3. The number of fused-ring (bicyclic) bond motifs is 1. The van der Waals surface area contributed by atoms with E-state index in [-0.39, 0.29) is 0 Å². The largest absolute Gasteiger partial charge is 0.495 e. The van der Waals surface area contributed by atoms with Crippen LogP contribution in [0.4, 0.5) is 5.69 Å². The van der Waals surface area contributed by atoms with Crippen LogP contribution < -0.4 is 9.64 Å². The molecule has 1 atom stereocenters. The molecule has 5 nitrogen and oxygen atoms in total. The van der Waals surface area contributed by atoms with Crippen molar-refractivity contribution in [1.82, 2.24) is 8.87 Å². The Labute approximate surface area is 194 Å². The summed E-state index contributed by atoms with van der Waals surface area (Å²) in [4.78, 5) is 5.35. The summed E-state index contributed by atoms with van der Waals surface area (Å²) in [6.07, 6.45) is 1.84. The number of nitrogens with zero attached hydrogens (tertiary/aromatic N) is 3. The molecule has 1 aromatic heterocycles. The van der Waals surface area contributed by atoms with E-state index in [1.54, 1.807) is 11.1 Å². The zero-order chi connectivity index (χ0) is 23.0. The van der Waals surface area contributed by atoms with Crippen molar-refractivity contribution >= 4 is 39.2 Å². The summed E-state index contributed by atoms with van der Waals surface area (Å²) in [7, 11) is 2.46. The molecule has 2 heterocycles. The predicted octanol–water partition coefficient (Wildman–Crippen LogP) is 5.68. The second kappa shape index (κ2) is 12.1. The van der Waals surface area contributed by atoms with E-state index >= 15 is 0 Å². The van der Waals surface area contributed by atoms with Crippen LogP contribution in [0.2, 0.25) is 5.02 Å². The van der Waals surface area contributed by atoms with Gasteiger partial charge in [0.2, 0.25) is 0 Å². The minimum atomic E-state index is -1.35. The zero-order valence-corrected chi connectivity index (χ0v) is 21.0. The quantitative estimate of drug-likeness (QED) is 0.499. The molecular weight excluding hydrogens is 430 g/mol. The summed E-state index contributed by atoms with van der Waals surface area (Å²) in [6, 6.07) is 13.3. The van der Waals surface area contributed by atoms with E-state index in [1.165, 1.54) is 0 Å². The molecule has 31 heavy (non-hydrogen) atoms. The second-order valence-electron chi connectivity index (χ2n) is 6.72. The monoisotopic (exact) mass is 463 g/mol. The predicted molar refractivity (Wildman–Crippen MR) is 134 cm³/mol. The van der Waals surface area contributed by atoms with Gasteiger partial charge in [-0.2, -0.15) is 0 Å². The Morgan fingerprint density at radius 1 is 0.935 bits per heavy atom. The molecule has 0 radical (unpaired) electrons. The van der Waals surface area contributed by atoms with Gasteiger partial charge in [-0.25, -0.2) is 4.21 Å². The lowest BCUT2D eigenvalue weighted by Gasteiger charge is -2.34. The van der Waals surface area contributed by atoms with Gasteiger partial charge in [-0.15, -0.1) is 0 Å². The molecule has 170 valence electrons. The number of piperazine rings is 1. The van der Waals surface area contributed by atoms with Crippen LogP contribution in [-0.2, 0) is 11.0 Å². The number of halogens is 1. The third-order valence-electron chi connectivity index (χ3n) is 4.99. The highest BCUT2D eigenvalue weighted by molar-refractivity contribution is 7.83. The lowest BCUT2D eigenvalue weighted by atomic mass is 10.2. The molecule has 0 aliphatic carbocycles. The minimum Gasteiger partial charge on any atom is -0.495 e. The molecule has 0 bridgehead atoms. The first-order valence-corrected chi connectivity index (χ1v) is 12.4. The Morgan fingerprint density at radius 3 is 2.26 bits per heavy atom. The van der Waals surface area contributed by atoms with Gasteiger partial charge < -0.3 is 14.5 Å². The van der Waals surface area contributed by atoms with Crippen LogP contribution in [0.5, 0.6) is 5.75 Å². The molecule has 7 heteroatoms. The van der Waals surface area contributed by atoms with Gasteiger partial charge in [0.05, 0.1) is 23.2 Å². The number of likely N-dealkylation sites (N-methyl/N-ethyl adjacent to an activating group) is 1. The fourth-order valence-corrected chi connectivity index (χ4v) is 4.74. The van der Waals surface area contributed by atoms with E-state index in [0.717, 1.165) is 53.4 Å². The van der Waals surface area contributed by atoms with Gasteiger partial charge in [-0.1, -0.05) is 39.3 Å². The minimum absolute atomic E-state index is 0.674. The summed E-state index contributed by atoms with van der Waals surface area (Å²) >= 11 is 6.07. The number of aromatic nitrogens is 1. The fraction of sp³-hybridized carbons (Fsp3) is 0.417. The number of anilines is 1. The van der Waals surface area contributed by atoms with E-state index in [0.29, 0.717) is 5.02 Å². The first kappa shape index (κ1) is 25.2. The van der Waals surface area contributed by atoms with Crippen LogP contribution >= 0.6 is 11.6 Å². The molecule has 1 saturated heterocycles. The maximum absolute atomic E-state index is 13.3. The number of ether oxygens (including phenoxy) is 1. The Morgan fingerprint density at radius 2 is 1.61 bits per heavy atom. The molecule has 1 aliphatic rings. The molecular formula is C24H34ClN3O2S. The van der Waals surface area contributed by atoms with Crippen molar-refractivity contribution in [2.75, 3.05) is 45.2 Å². The van der Waals surface area contributed by atoms with Gasteiger partial charge >= 0.3 is 0 Å². The summed E-state index contributed by atoms with van der Waals surface area (Å²) < 4.78 is 20.6. The molecule has 1 fully saturated rings. The Bertz CT molecular complexity index is 998. The third kappa shape index (κ3) is 5.82. The van der Waals surface area contributed by atoms with Gasteiger partial charge in [0, 0.05) is 42.8 Å². The Hall–Kier alpha value is -2.02. The van der Waals surface area contributed by atoms with Gasteiger partial charge in [0.15, 0.2) is 11.0 Å². The van der Waals surface area contributed by atoms with Crippen molar-refractivity contribution in [1.29, 1.82) is 0 Å². The van der Waals surface area contributed by atoms with Crippen LogP contribution in [0.3, 0.4) is 0 Å². The van der Waals surface area contributed by atoms with Crippen molar-refractivity contribution in [3.63, 3.8) is 0 Å². The Kier molecular flexibility index (Phi) is 9.88. The normalized spacial score (nSPS) is 14.9. The summed E-state index contributed by atoms with van der Waals surface area (Å²) in [5.74, 6) is 0.810. The number of hydrogen-bond donors (Lipinski definition) is 0. The SMILES string of the molecule is CC.CC.COc1ccc(S(=O)n2ccc3cc(Cl)ccc32)cc1N1CCN(C)CC1. The van der Waals surface area contributed by atoms with E-state index in [4.69, 9.17) is 16.3 Å². The summed E-state index contributed by atoms with van der Waals surface area (Å²) in [5.41, 5.74) is 1.89. The fourth-order valence-electron chi connectivity index (χ4n) is 3.42. The second-order valence-corrected chi connectivity index (χ2v) is 8.52. The number of benzene rings is 2. The summed E-state index contributed by atoms with van der Waals surface area (Å²) in [5, 5.41) is 1.65. The number of hydrogen-bond acceptors (Lipinski definition) is 4. The highest BCUT2D eigenvalue weighted by atomic mass is 35.5. The van der Waals surface area contributed by atoms with Gasteiger partial charge in [-0.05, 0) is 49.5 Å². The van der Waals surface area contributed by atoms with Crippen molar-refractivity contribution in [3.05, 3.63) is 53.7 Å². The maximum atomic E-state index is 13.3. The topological polar surface area (TPSA) is 37.7 Å². The lowest BCUT2D eigenvalue weighted by molar-refractivity contribution is 0.311. The van der Waals surface area contributed by atoms with Gasteiger partial charge in [0.1, 0.15) is 5.75 Å². The van der Waals surface area contributed by atoms with Crippen LogP contribution in [0.15, 0.2) is 53.6 Å². The molecule has 1 unspecified atom stereocenters. The number of methoxy groups -OCH3 is 1. The lowest BCUT2D eigenvalue weighted by Crippen LogP contribution is -2.44. The van der Waals surface area contributed by atoms with Crippen molar-refractivity contribution in [2.45, 2.75) is 32.6 Å². The Balaban J connectivity index is 0.000000807. The van der Waals surface area contributed by atoms with Gasteiger partial charge in [-0.3, -0.25) is 3.97 Å². The average Bonchev–Trinajstić information content (AvgIpc) is 3.24. The third-order valence-corrected chi connectivity index (χ3v) is 6.56. The highest BCUT2D eigenvalue weighted by Crippen LogP contribution is 2.32. The van der Waals surface area contributed by atoms with Crippen molar-refractivity contribution in [2.24, 2.45) is 0 Å². The van der Waals surface area contributed by atoms with Crippen LogP contribution in [0, 0.1) is 0 Å². The van der Waals surface area contributed by atoms with E-state index in [1.807, 2.05) is 76.4 Å². The first-order chi connectivity index (χ1) is 15.1. The average molecular weight is 464 g/mol. The highest BCUT2D eigenvalue weighted by Gasteiger charge is 2.20. The molecule has 0 spiro atoms.